The van der Waals surface area contributed by atoms with Gasteiger partial charge < -0.3 is 18.3 Å². The maximum atomic E-state index is 2.47. The van der Waals surface area contributed by atoms with Gasteiger partial charge in [-0.2, -0.15) is 0 Å². The topological polar surface area (TPSA) is 19.7 Å². The van der Waals surface area contributed by atoms with Gasteiger partial charge in [-0.1, -0.05) is 109 Å². The summed E-state index contributed by atoms with van der Waals surface area (Å²) in [6.45, 7) is 0. The van der Waals surface area contributed by atoms with Gasteiger partial charge in [0.15, 0.2) is 0 Å². The molecule has 0 unspecified atom stereocenters. The van der Waals surface area contributed by atoms with Crippen LogP contribution in [0, 0.1) is 0 Å². The van der Waals surface area contributed by atoms with E-state index in [2.05, 4.69) is 225 Å². The lowest BCUT2D eigenvalue weighted by Crippen LogP contribution is -1.99. The second-order valence-electron chi connectivity index (χ2n) is 15.4. The van der Waals surface area contributed by atoms with E-state index in [1.54, 1.807) is 0 Å². The zero-order chi connectivity index (χ0) is 37.9. The lowest BCUT2D eigenvalue weighted by Gasteiger charge is -2.14. The largest absolute Gasteiger partial charge is 0.309 e. The number of fused-ring (bicyclic) bond motifs is 6. The fourth-order valence-electron chi connectivity index (χ4n) is 9.92. The number of hydrogen-bond donors (Lipinski definition) is 0. The highest BCUT2D eigenvalue weighted by Gasteiger charge is 2.24. The lowest BCUT2D eigenvalue weighted by molar-refractivity contribution is 1.15. The smallest absolute Gasteiger partial charge is 0.0563 e. The Bertz CT molecular complexity index is 3660. The number of hydrogen-bond acceptors (Lipinski definition) is 0. The minimum absolute atomic E-state index is 1.16. The molecule has 4 heteroatoms. The van der Waals surface area contributed by atoms with Crippen LogP contribution < -0.4 is 0 Å². The van der Waals surface area contributed by atoms with Crippen molar-refractivity contribution in [3.05, 3.63) is 206 Å². The number of para-hydroxylation sites is 3. The van der Waals surface area contributed by atoms with Gasteiger partial charge in [-0.3, -0.25) is 0 Å². The van der Waals surface area contributed by atoms with Crippen LogP contribution in [0.5, 0.6) is 0 Å². The van der Waals surface area contributed by atoms with Crippen LogP contribution in [0.2, 0.25) is 0 Å². The summed E-state index contributed by atoms with van der Waals surface area (Å²) < 4.78 is 9.72. The van der Waals surface area contributed by atoms with Gasteiger partial charge in [0, 0.05) is 55.1 Å². The first-order valence-corrected chi connectivity index (χ1v) is 19.9. The highest BCUT2D eigenvalue weighted by Crippen LogP contribution is 2.44. The van der Waals surface area contributed by atoms with Crippen LogP contribution in [0.15, 0.2) is 206 Å². The quantitative estimate of drug-likeness (QED) is 0.168. The first-order valence-electron chi connectivity index (χ1n) is 19.9. The van der Waals surface area contributed by atoms with E-state index < -0.39 is 0 Å². The Labute approximate surface area is 333 Å². The van der Waals surface area contributed by atoms with E-state index in [9.17, 15) is 0 Å². The zero-order valence-corrected chi connectivity index (χ0v) is 31.4. The summed E-state index contributed by atoms with van der Waals surface area (Å²) in [4.78, 5) is 0. The summed E-state index contributed by atoms with van der Waals surface area (Å²) >= 11 is 0. The molecule has 0 spiro atoms. The molecule has 0 saturated heterocycles. The van der Waals surface area contributed by atoms with E-state index >= 15 is 0 Å². The molecule has 0 aliphatic heterocycles. The third-order valence-corrected chi connectivity index (χ3v) is 12.3. The lowest BCUT2D eigenvalue weighted by atomic mass is 10.1. The van der Waals surface area contributed by atoms with Crippen LogP contribution in [-0.4, -0.2) is 18.3 Å². The summed E-state index contributed by atoms with van der Waals surface area (Å²) in [5, 5.41) is 7.57. The Morgan fingerprint density at radius 1 is 0.207 bits per heavy atom. The summed E-state index contributed by atoms with van der Waals surface area (Å²) in [6, 6.07) is 75.3. The van der Waals surface area contributed by atoms with Crippen molar-refractivity contribution >= 4 is 76.5 Å². The maximum Gasteiger partial charge on any atom is 0.0563 e. The minimum Gasteiger partial charge on any atom is -0.309 e. The van der Waals surface area contributed by atoms with Gasteiger partial charge in [0.2, 0.25) is 0 Å². The van der Waals surface area contributed by atoms with Crippen LogP contribution in [0.1, 0.15) is 0 Å². The van der Waals surface area contributed by atoms with Crippen molar-refractivity contribution in [2.24, 2.45) is 0 Å². The number of rotatable bonds is 5. The normalized spacial score (nSPS) is 12.1. The van der Waals surface area contributed by atoms with Gasteiger partial charge in [-0.25, -0.2) is 0 Å². The van der Waals surface area contributed by atoms with Crippen molar-refractivity contribution in [2.45, 2.75) is 0 Å². The molecule has 4 nitrogen and oxygen atoms in total. The zero-order valence-electron chi connectivity index (χ0n) is 31.4. The fraction of sp³-hybridized carbons (Fsp3) is 0. The summed E-state index contributed by atoms with van der Waals surface area (Å²) in [5.74, 6) is 0. The number of aromatic nitrogens is 4. The van der Waals surface area contributed by atoms with Crippen LogP contribution in [0.4, 0.5) is 0 Å². The fourth-order valence-corrected chi connectivity index (χ4v) is 9.92. The van der Waals surface area contributed by atoms with Crippen molar-refractivity contribution in [1.82, 2.24) is 18.3 Å². The molecule has 13 rings (SSSR count). The first kappa shape index (κ1) is 31.4. The van der Waals surface area contributed by atoms with Gasteiger partial charge in [0.1, 0.15) is 0 Å². The minimum atomic E-state index is 1.16. The second-order valence-corrected chi connectivity index (χ2v) is 15.4. The third-order valence-electron chi connectivity index (χ3n) is 12.3. The average Bonchev–Trinajstić information content (AvgIpc) is 4.02. The van der Waals surface area contributed by atoms with Crippen LogP contribution in [0.3, 0.4) is 0 Å². The molecule has 4 heterocycles. The molecule has 0 aliphatic rings. The molecular weight excluding hydrogens is 705 g/mol. The first-order chi connectivity index (χ1) is 28.8. The molecule has 9 aromatic carbocycles. The SMILES string of the molecule is c1ccc(-c2cccc(-n3c4ccccc4c4cc(-n5c6cccc7c6c6c(cccc65)n7-c5ccc6c(c5)c5ccccc5n6-c5ccccc5)ccc43)c2)cc1. The molecule has 0 fully saturated rings. The molecule has 4 aromatic heterocycles. The van der Waals surface area contributed by atoms with Gasteiger partial charge in [0.25, 0.3) is 0 Å². The van der Waals surface area contributed by atoms with Crippen LogP contribution in [-0.2, 0) is 0 Å². The van der Waals surface area contributed by atoms with Crippen LogP contribution in [0.25, 0.3) is 110 Å². The molecule has 0 atom stereocenters. The Kier molecular flexibility index (Phi) is 6.41. The molecule has 0 radical (unpaired) electrons. The van der Waals surface area contributed by atoms with Crippen molar-refractivity contribution in [3.8, 4) is 33.9 Å². The van der Waals surface area contributed by atoms with Crippen molar-refractivity contribution in [3.63, 3.8) is 0 Å². The van der Waals surface area contributed by atoms with Crippen molar-refractivity contribution in [1.29, 1.82) is 0 Å². The molecule has 0 amide bonds. The average molecular weight is 739 g/mol. The highest BCUT2D eigenvalue weighted by molar-refractivity contribution is 6.25. The van der Waals surface area contributed by atoms with Crippen molar-refractivity contribution in [2.75, 3.05) is 0 Å². The van der Waals surface area contributed by atoms with Gasteiger partial charge in [-0.15, -0.1) is 0 Å². The Balaban J connectivity index is 1.00. The Hall–Kier alpha value is -7.82. The van der Waals surface area contributed by atoms with Crippen molar-refractivity contribution < 1.29 is 0 Å². The van der Waals surface area contributed by atoms with E-state index in [-0.39, 0.29) is 0 Å². The number of benzene rings is 9. The molecule has 0 aliphatic carbocycles. The monoisotopic (exact) mass is 738 g/mol. The Morgan fingerprint density at radius 3 is 1.12 bits per heavy atom. The van der Waals surface area contributed by atoms with Gasteiger partial charge in [-0.05, 0) is 108 Å². The summed E-state index contributed by atoms with van der Waals surface area (Å²) in [5.41, 5.74) is 16.7. The standard InChI is InChI=1S/C54H34N4/c1-3-14-35(15-4-1)36-16-11-19-38(32-36)56-46-23-10-8-21-42(46)44-34-40(29-31-48(44)56)58-51-26-12-24-49-53(51)54-50(25-13-27-52(54)58)57(49)39-28-30-47-43(33-39)41-20-7-9-22-45(41)55(47)37-17-5-2-6-18-37/h1-34H. The maximum absolute atomic E-state index is 2.47. The second kappa shape index (κ2) is 11.8. The van der Waals surface area contributed by atoms with Crippen LogP contribution >= 0.6 is 0 Å². The summed E-state index contributed by atoms with van der Waals surface area (Å²) in [7, 11) is 0. The summed E-state index contributed by atoms with van der Waals surface area (Å²) in [6.07, 6.45) is 0. The predicted octanol–water partition coefficient (Wildman–Crippen LogP) is 14.0. The molecule has 0 N–H and O–H groups in total. The third kappa shape index (κ3) is 4.29. The molecular formula is C54H34N4. The highest BCUT2D eigenvalue weighted by atomic mass is 15.0. The molecule has 0 bridgehead atoms. The van der Waals surface area contributed by atoms with E-state index in [1.807, 2.05) is 0 Å². The molecule has 13 aromatic rings. The van der Waals surface area contributed by atoms with Gasteiger partial charge in [0.05, 0.1) is 44.1 Å². The predicted molar refractivity (Wildman–Crippen MR) is 243 cm³/mol. The van der Waals surface area contributed by atoms with E-state index in [4.69, 9.17) is 0 Å². The molecule has 270 valence electrons. The van der Waals surface area contributed by atoms with E-state index in [0.29, 0.717) is 0 Å². The van der Waals surface area contributed by atoms with E-state index in [0.717, 1.165) is 17.1 Å². The van der Waals surface area contributed by atoms with E-state index in [1.165, 1.54) is 93.3 Å². The van der Waals surface area contributed by atoms with Gasteiger partial charge >= 0.3 is 0 Å². The number of nitrogens with zero attached hydrogens (tertiary/aromatic N) is 4. The Morgan fingerprint density at radius 2 is 0.569 bits per heavy atom. The molecule has 58 heavy (non-hydrogen) atoms. The molecule has 0 saturated carbocycles.